The Morgan fingerprint density at radius 1 is 1.50 bits per heavy atom. The molecule has 0 aliphatic carbocycles. The minimum Gasteiger partial charge on any atom is -0.353 e. The van der Waals surface area contributed by atoms with Crippen LogP contribution in [0.25, 0.3) is 0 Å². The second kappa shape index (κ2) is 3.78. The topological polar surface area (TPSA) is 42.0 Å². The normalized spacial score (nSPS) is 26.2. The van der Waals surface area contributed by atoms with E-state index in [0.717, 1.165) is 6.42 Å². The summed E-state index contributed by atoms with van der Waals surface area (Å²) < 4.78 is 0. The van der Waals surface area contributed by atoms with Crippen molar-refractivity contribution in [2.45, 2.75) is 31.7 Å². The molecule has 3 nitrogen and oxygen atoms in total. The monoisotopic (exact) mass is 190 g/mol. The first-order valence-electron chi connectivity index (χ1n) is 5.00. The Balaban J connectivity index is 2.22. The number of aromatic nitrogens is 1. The average molecular weight is 190 g/mol. The second-order valence-electron chi connectivity index (χ2n) is 3.67. The van der Waals surface area contributed by atoms with Gasteiger partial charge in [0.15, 0.2) is 0 Å². The van der Waals surface area contributed by atoms with Gasteiger partial charge in [0.25, 0.3) is 0 Å². The third-order valence-electron chi connectivity index (χ3n) is 2.81. The number of pyridine rings is 1. The van der Waals surface area contributed by atoms with Crippen LogP contribution in [0.1, 0.15) is 31.2 Å². The van der Waals surface area contributed by atoms with Crippen LogP contribution in [0.5, 0.6) is 0 Å². The second-order valence-corrected chi connectivity index (χ2v) is 3.67. The molecule has 1 aromatic rings. The van der Waals surface area contributed by atoms with Crippen molar-refractivity contribution in [3.8, 4) is 0 Å². The number of carbonyl (C=O) groups excluding carboxylic acids is 1. The van der Waals surface area contributed by atoms with Gasteiger partial charge in [0.1, 0.15) is 0 Å². The third-order valence-corrected chi connectivity index (χ3v) is 2.81. The van der Waals surface area contributed by atoms with Crippen LogP contribution in [0.2, 0.25) is 0 Å². The zero-order valence-electron chi connectivity index (χ0n) is 8.23. The van der Waals surface area contributed by atoms with Gasteiger partial charge in [-0.3, -0.25) is 9.78 Å². The van der Waals surface area contributed by atoms with E-state index in [9.17, 15) is 4.79 Å². The Morgan fingerprint density at radius 3 is 2.86 bits per heavy atom. The molecule has 1 aliphatic heterocycles. The Labute approximate surface area is 83.5 Å². The molecule has 2 atom stereocenters. The van der Waals surface area contributed by atoms with Crippen molar-refractivity contribution in [2.24, 2.45) is 0 Å². The summed E-state index contributed by atoms with van der Waals surface area (Å²) in [6, 6.07) is 4.28. The highest BCUT2D eigenvalue weighted by Gasteiger charge is 2.31. The van der Waals surface area contributed by atoms with Crippen LogP contribution in [0.3, 0.4) is 0 Å². The molecule has 14 heavy (non-hydrogen) atoms. The lowest BCUT2D eigenvalue weighted by Gasteiger charge is -2.16. The molecule has 1 amide bonds. The molecule has 0 spiro atoms. The summed E-state index contributed by atoms with van der Waals surface area (Å²) >= 11 is 0. The van der Waals surface area contributed by atoms with E-state index in [4.69, 9.17) is 0 Å². The SMILES string of the molecule is CCC1NC(=O)CC1c1ccncc1. The first kappa shape index (κ1) is 9.19. The molecule has 0 bridgehead atoms. The maximum atomic E-state index is 11.3. The lowest BCUT2D eigenvalue weighted by molar-refractivity contribution is -0.119. The predicted octanol–water partition coefficient (Wildman–Crippen LogP) is 1.46. The number of hydrogen-bond donors (Lipinski definition) is 1. The van der Waals surface area contributed by atoms with Crippen LogP contribution in [0.15, 0.2) is 24.5 Å². The Bertz CT molecular complexity index is 323. The van der Waals surface area contributed by atoms with Crippen LogP contribution < -0.4 is 5.32 Å². The summed E-state index contributed by atoms with van der Waals surface area (Å²) in [5.41, 5.74) is 1.21. The van der Waals surface area contributed by atoms with E-state index in [1.54, 1.807) is 12.4 Å². The van der Waals surface area contributed by atoms with Gasteiger partial charge < -0.3 is 5.32 Å². The number of nitrogens with one attached hydrogen (secondary N) is 1. The van der Waals surface area contributed by atoms with E-state index >= 15 is 0 Å². The van der Waals surface area contributed by atoms with Gasteiger partial charge in [-0.05, 0) is 24.1 Å². The molecule has 0 radical (unpaired) electrons. The highest BCUT2D eigenvalue weighted by atomic mass is 16.2. The number of nitrogens with zero attached hydrogens (tertiary/aromatic N) is 1. The highest BCUT2D eigenvalue weighted by molar-refractivity contribution is 5.80. The molecule has 1 aliphatic rings. The fraction of sp³-hybridized carbons (Fsp3) is 0.455. The van der Waals surface area contributed by atoms with E-state index < -0.39 is 0 Å². The van der Waals surface area contributed by atoms with Gasteiger partial charge in [0.2, 0.25) is 5.91 Å². The summed E-state index contributed by atoms with van der Waals surface area (Å²) in [7, 11) is 0. The van der Waals surface area contributed by atoms with E-state index in [1.165, 1.54) is 5.56 Å². The summed E-state index contributed by atoms with van der Waals surface area (Å²) in [5, 5.41) is 2.99. The van der Waals surface area contributed by atoms with Crippen molar-refractivity contribution in [1.29, 1.82) is 0 Å². The van der Waals surface area contributed by atoms with Crippen molar-refractivity contribution in [1.82, 2.24) is 10.3 Å². The minimum absolute atomic E-state index is 0.165. The minimum atomic E-state index is 0.165. The summed E-state index contributed by atoms with van der Waals surface area (Å²) in [6.07, 6.45) is 5.16. The van der Waals surface area contributed by atoms with Crippen LogP contribution in [-0.4, -0.2) is 16.9 Å². The Hall–Kier alpha value is -1.38. The molecule has 1 aromatic heterocycles. The fourth-order valence-electron chi connectivity index (χ4n) is 2.06. The number of carbonyl (C=O) groups is 1. The van der Waals surface area contributed by atoms with Gasteiger partial charge in [0.05, 0.1) is 0 Å². The van der Waals surface area contributed by atoms with Crippen molar-refractivity contribution in [3.63, 3.8) is 0 Å². The zero-order valence-corrected chi connectivity index (χ0v) is 8.23. The largest absolute Gasteiger partial charge is 0.353 e. The molecule has 0 saturated carbocycles. The Kier molecular flexibility index (Phi) is 2.48. The molecular weight excluding hydrogens is 176 g/mol. The van der Waals surface area contributed by atoms with Gasteiger partial charge in [-0.1, -0.05) is 6.92 Å². The standard InChI is InChI=1S/C11H14N2O/c1-2-10-9(7-11(14)13-10)8-3-5-12-6-4-8/h3-6,9-10H,2,7H2,1H3,(H,13,14). The molecule has 2 unspecified atom stereocenters. The number of hydrogen-bond acceptors (Lipinski definition) is 2. The lowest BCUT2D eigenvalue weighted by Crippen LogP contribution is -2.27. The van der Waals surface area contributed by atoms with Gasteiger partial charge in [0, 0.05) is 30.8 Å². The molecule has 1 saturated heterocycles. The Morgan fingerprint density at radius 2 is 2.21 bits per heavy atom. The zero-order chi connectivity index (χ0) is 9.97. The maximum absolute atomic E-state index is 11.3. The first-order chi connectivity index (χ1) is 6.81. The van der Waals surface area contributed by atoms with Crippen molar-refractivity contribution >= 4 is 5.91 Å². The van der Waals surface area contributed by atoms with Gasteiger partial charge in [-0.2, -0.15) is 0 Å². The van der Waals surface area contributed by atoms with Gasteiger partial charge >= 0.3 is 0 Å². The molecule has 2 heterocycles. The molecule has 74 valence electrons. The molecule has 3 heteroatoms. The smallest absolute Gasteiger partial charge is 0.220 e. The fourth-order valence-corrected chi connectivity index (χ4v) is 2.06. The van der Waals surface area contributed by atoms with Crippen LogP contribution in [0.4, 0.5) is 0 Å². The first-order valence-corrected chi connectivity index (χ1v) is 5.00. The molecule has 1 N–H and O–H groups in total. The molecular formula is C11H14N2O. The summed E-state index contributed by atoms with van der Waals surface area (Å²) in [4.78, 5) is 15.3. The predicted molar refractivity (Wildman–Crippen MR) is 53.8 cm³/mol. The maximum Gasteiger partial charge on any atom is 0.220 e. The van der Waals surface area contributed by atoms with Gasteiger partial charge in [-0.15, -0.1) is 0 Å². The van der Waals surface area contributed by atoms with E-state index in [1.807, 2.05) is 12.1 Å². The van der Waals surface area contributed by atoms with Crippen molar-refractivity contribution in [3.05, 3.63) is 30.1 Å². The van der Waals surface area contributed by atoms with E-state index in [2.05, 4.69) is 17.2 Å². The highest BCUT2D eigenvalue weighted by Crippen LogP contribution is 2.29. The average Bonchev–Trinajstić information content (AvgIpc) is 2.61. The van der Waals surface area contributed by atoms with E-state index in [-0.39, 0.29) is 5.91 Å². The van der Waals surface area contributed by atoms with Crippen LogP contribution in [-0.2, 0) is 4.79 Å². The molecule has 2 rings (SSSR count). The summed E-state index contributed by atoms with van der Waals surface area (Å²) in [6.45, 7) is 2.10. The summed E-state index contributed by atoms with van der Waals surface area (Å²) in [5.74, 6) is 0.495. The van der Waals surface area contributed by atoms with E-state index in [0.29, 0.717) is 18.4 Å². The molecule has 1 fully saturated rings. The van der Waals surface area contributed by atoms with Crippen LogP contribution in [0, 0.1) is 0 Å². The van der Waals surface area contributed by atoms with Gasteiger partial charge in [-0.25, -0.2) is 0 Å². The number of rotatable bonds is 2. The van der Waals surface area contributed by atoms with Crippen molar-refractivity contribution in [2.75, 3.05) is 0 Å². The molecule has 0 aromatic carbocycles. The van der Waals surface area contributed by atoms with Crippen LogP contribution >= 0.6 is 0 Å². The quantitative estimate of drug-likeness (QED) is 0.767. The van der Waals surface area contributed by atoms with Crippen molar-refractivity contribution < 1.29 is 4.79 Å². The lowest BCUT2D eigenvalue weighted by atomic mass is 9.91. The third kappa shape index (κ3) is 1.62. The number of amides is 1.